The quantitative estimate of drug-likeness (QED) is 0.618. The molecular weight excluding hydrogens is 240 g/mol. The summed E-state index contributed by atoms with van der Waals surface area (Å²) in [6, 6.07) is 0. The molecule has 0 heterocycles. The fourth-order valence-corrected chi connectivity index (χ4v) is 1.21. The van der Waals surface area contributed by atoms with Crippen LogP contribution in [0.5, 0.6) is 0 Å². The third-order valence-electron chi connectivity index (χ3n) is 2.40. The summed E-state index contributed by atoms with van der Waals surface area (Å²) >= 11 is 0. The molecule has 2 atom stereocenters. The molecule has 3 nitrogen and oxygen atoms in total. The fraction of sp³-hybridized carbons (Fsp3) is 1.00. The summed E-state index contributed by atoms with van der Waals surface area (Å²) < 4.78 is 0. The van der Waals surface area contributed by atoms with Crippen molar-refractivity contribution in [2.45, 2.75) is 59.0 Å². The summed E-state index contributed by atoms with van der Waals surface area (Å²) in [4.78, 5) is 0. The second-order valence-electron chi connectivity index (χ2n) is 3.78. The predicted octanol–water partition coefficient (Wildman–Crippen LogP) is 1.94. The van der Waals surface area contributed by atoms with E-state index in [1.807, 2.05) is 13.8 Å². The molecule has 0 aromatic carbocycles. The van der Waals surface area contributed by atoms with Crippen LogP contribution < -0.4 is 0 Å². The van der Waals surface area contributed by atoms with Gasteiger partial charge in [-0.2, -0.15) is 0 Å². The van der Waals surface area contributed by atoms with Crippen molar-refractivity contribution in [3.63, 3.8) is 0 Å². The first-order valence-electron chi connectivity index (χ1n) is 6.07. The monoisotopic (exact) mass is 268 g/mol. The molecular formula is C12H28O3Ti. The van der Waals surface area contributed by atoms with Crippen molar-refractivity contribution >= 4 is 0 Å². The van der Waals surface area contributed by atoms with E-state index >= 15 is 0 Å². The number of aliphatic hydroxyl groups is 3. The zero-order valence-corrected chi connectivity index (χ0v) is 12.5. The Morgan fingerprint density at radius 2 is 1.56 bits per heavy atom. The molecule has 3 N–H and O–H groups in total. The van der Waals surface area contributed by atoms with Gasteiger partial charge < -0.3 is 15.3 Å². The normalized spacial score (nSPS) is 13.1. The van der Waals surface area contributed by atoms with Gasteiger partial charge in [-0.25, -0.2) is 0 Å². The number of aliphatic hydroxyl groups excluding tert-OH is 3. The van der Waals surface area contributed by atoms with Gasteiger partial charge in [-0.1, -0.05) is 33.6 Å². The van der Waals surface area contributed by atoms with E-state index in [9.17, 15) is 5.11 Å². The van der Waals surface area contributed by atoms with Crippen LogP contribution in [-0.4, -0.2) is 34.6 Å². The Kier molecular flexibility index (Phi) is 24.5. The molecule has 2 unspecified atom stereocenters. The summed E-state index contributed by atoms with van der Waals surface area (Å²) in [5.41, 5.74) is 0. The van der Waals surface area contributed by atoms with Gasteiger partial charge in [-0.15, -0.1) is 0 Å². The molecule has 0 saturated heterocycles. The van der Waals surface area contributed by atoms with Crippen molar-refractivity contribution < 1.29 is 37.0 Å². The molecule has 0 aliphatic carbocycles. The minimum Gasteiger partial charge on any atom is -0.396 e. The third-order valence-corrected chi connectivity index (χ3v) is 2.40. The first-order valence-corrected chi connectivity index (χ1v) is 6.07. The van der Waals surface area contributed by atoms with Crippen molar-refractivity contribution in [1.29, 1.82) is 0 Å². The van der Waals surface area contributed by atoms with Crippen LogP contribution in [0.15, 0.2) is 0 Å². The van der Waals surface area contributed by atoms with Gasteiger partial charge in [0, 0.05) is 40.8 Å². The molecule has 0 radical (unpaired) electrons. The molecule has 0 aliphatic rings. The SMILES string of the molecule is CCCC(O)C(CC)CO.CCCCO.[Ti]. The van der Waals surface area contributed by atoms with Crippen LogP contribution in [0.25, 0.3) is 0 Å². The summed E-state index contributed by atoms with van der Waals surface area (Å²) in [6.07, 6.45) is 4.38. The molecule has 98 valence electrons. The second-order valence-corrected chi connectivity index (χ2v) is 3.78. The first kappa shape index (κ1) is 21.8. The van der Waals surface area contributed by atoms with Crippen LogP contribution in [-0.2, 0) is 21.7 Å². The van der Waals surface area contributed by atoms with Gasteiger partial charge in [0.15, 0.2) is 0 Å². The van der Waals surface area contributed by atoms with E-state index < -0.39 is 0 Å². The van der Waals surface area contributed by atoms with E-state index in [-0.39, 0.29) is 40.3 Å². The van der Waals surface area contributed by atoms with Crippen molar-refractivity contribution in [2.75, 3.05) is 13.2 Å². The molecule has 0 fully saturated rings. The Bertz CT molecular complexity index is 106. The van der Waals surface area contributed by atoms with Gasteiger partial charge in [0.25, 0.3) is 0 Å². The van der Waals surface area contributed by atoms with Gasteiger partial charge in [0.1, 0.15) is 0 Å². The van der Waals surface area contributed by atoms with E-state index in [1.165, 1.54) is 0 Å². The van der Waals surface area contributed by atoms with Crippen LogP contribution in [0.4, 0.5) is 0 Å². The molecule has 0 bridgehead atoms. The summed E-state index contributed by atoms with van der Waals surface area (Å²) in [5, 5.41) is 26.2. The Labute approximate surface area is 115 Å². The third kappa shape index (κ3) is 14.6. The Hall–Kier alpha value is 0.594. The molecule has 0 aromatic heterocycles. The topological polar surface area (TPSA) is 60.7 Å². The van der Waals surface area contributed by atoms with Crippen LogP contribution in [0.1, 0.15) is 52.9 Å². The van der Waals surface area contributed by atoms with E-state index in [1.54, 1.807) is 0 Å². The molecule has 0 rings (SSSR count). The van der Waals surface area contributed by atoms with Crippen LogP contribution in [0.3, 0.4) is 0 Å². The molecule has 0 spiro atoms. The first-order chi connectivity index (χ1) is 7.17. The van der Waals surface area contributed by atoms with Crippen LogP contribution in [0, 0.1) is 5.92 Å². The van der Waals surface area contributed by atoms with E-state index in [0.717, 1.165) is 32.1 Å². The standard InChI is InChI=1S/C8H18O2.C4H10O.Ti/c1-3-5-8(10)7(4-2)6-9;1-2-3-4-5;/h7-10H,3-6H2,1-2H3;5H,2-4H2,1H3;. The van der Waals surface area contributed by atoms with Gasteiger partial charge >= 0.3 is 0 Å². The Balaban J connectivity index is -0.000000242. The molecule has 0 amide bonds. The number of hydrogen-bond donors (Lipinski definition) is 3. The van der Waals surface area contributed by atoms with E-state index in [2.05, 4.69) is 6.92 Å². The maximum Gasteiger partial charge on any atom is 0.0590 e. The predicted molar refractivity (Wildman–Crippen MR) is 63.8 cm³/mol. The van der Waals surface area contributed by atoms with Gasteiger partial charge in [0.05, 0.1) is 6.10 Å². The number of unbranched alkanes of at least 4 members (excludes halogenated alkanes) is 1. The summed E-state index contributed by atoms with van der Waals surface area (Å²) in [7, 11) is 0. The van der Waals surface area contributed by atoms with Crippen LogP contribution in [0.2, 0.25) is 0 Å². The number of rotatable bonds is 7. The fourth-order valence-electron chi connectivity index (χ4n) is 1.21. The Morgan fingerprint density at radius 3 is 1.75 bits per heavy atom. The van der Waals surface area contributed by atoms with Gasteiger partial charge in [-0.3, -0.25) is 0 Å². The van der Waals surface area contributed by atoms with Crippen molar-refractivity contribution in [3.05, 3.63) is 0 Å². The largest absolute Gasteiger partial charge is 0.396 e. The number of hydrogen-bond acceptors (Lipinski definition) is 3. The minimum absolute atomic E-state index is 0. The average molecular weight is 268 g/mol. The molecule has 16 heavy (non-hydrogen) atoms. The maximum atomic E-state index is 9.35. The summed E-state index contributed by atoms with van der Waals surface area (Å²) in [5.74, 6) is 0.0833. The smallest absolute Gasteiger partial charge is 0.0590 e. The van der Waals surface area contributed by atoms with Gasteiger partial charge in [0.2, 0.25) is 0 Å². The molecule has 0 aromatic rings. The van der Waals surface area contributed by atoms with Crippen molar-refractivity contribution in [1.82, 2.24) is 0 Å². The van der Waals surface area contributed by atoms with Crippen molar-refractivity contribution in [2.24, 2.45) is 5.92 Å². The van der Waals surface area contributed by atoms with Crippen LogP contribution >= 0.6 is 0 Å². The minimum atomic E-state index is -0.306. The molecule has 4 heteroatoms. The zero-order chi connectivity index (χ0) is 12.1. The second kappa shape index (κ2) is 18.0. The Morgan fingerprint density at radius 1 is 1.00 bits per heavy atom. The van der Waals surface area contributed by atoms with Crippen molar-refractivity contribution in [3.8, 4) is 0 Å². The molecule has 0 saturated carbocycles. The average Bonchev–Trinajstić information content (AvgIpc) is 2.22. The van der Waals surface area contributed by atoms with E-state index in [4.69, 9.17) is 10.2 Å². The zero-order valence-electron chi connectivity index (χ0n) is 10.9. The van der Waals surface area contributed by atoms with E-state index in [0.29, 0.717) is 6.61 Å². The summed E-state index contributed by atoms with van der Waals surface area (Å²) in [6.45, 7) is 6.53. The maximum absolute atomic E-state index is 9.35. The van der Waals surface area contributed by atoms with Gasteiger partial charge in [-0.05, 0) is 19.3 Å². The molecule has 0 aliphatic heterocycles.